The molecule has 2 aliphatic rings. The second kappa shape index (κ2) is 13.7. The molecule has 0 saturated carbocycles. The van der Waals surface area contributed by atoms with Crippen molar-refractivity contribution in [2.75, 3.05) is 26.2 Å². The molecular formula is C23H25F6N3O6S. The van der Waals surface area contributed by atoms with Crippen LogP contribution in [0.4, 0.5) is 26.3 Å². The number of rotatable bonds is 4. The molecule has 0 atom stereocenters. The van der Waals surface area contributed by atoms with Crippen LogP contribution in [0.3, 0.4) is 0 Å². The van der Waals surface area contributed by atoms with Gasteiger partial charge in [-0.15, -0.1) is 11.3 Å². The van der Waals surface area contributed by atoms with Crippen molar-refractivity contribution in [1.29, 1.82) is 0 Å². The van der Waals surface area contributed by atoms with E-state index in [1.165, 1.54) is 4.88 Å². The molecule has 0 bridgehead atoms. The molecule has 2 saturated heterocycles. The van der Waals surface area contributed by atoms with Gasteiger partial charge in [-0.2, -0.15) is 26.3 Å². The molecular weight excluding hydrogens is 560 g/mol. The number of pyridine rings is 1. The fourth-order valence-electron chi connectivity index (χ4n) is 3.66. The minimum absolute atomic E-state index is 0.0669. The van der Waals surface area contributed by atoms with Crippen molar-refractivity contribution in [3.8, 4) is 0 Å². The van der Waals surface area contributed by atoms with Crippen LogP contribution in [0.25, 0.3) is 0 Å². The molecule has 2 aromatic heterocycles. The Morgan fingerprint density at radius 2 is 1.56 bits per heavy atom. The molecule has 2 fully saturated rings. The zero-order chi connectivity index (χ0) is 29.3. The summed E-state index contributed by atoms with van der Waals surface area (Å²) in [6, 6.07) is 10.1. The largest absolute Gasteiger partial charge is 0.490 e. The van der Waals surface area contributed by atoms with E-state index in [-0.39, 0.29) is 18.1 Å². The van der Waals surface area contributed by atoms with Crippen molar-refractivity contribution in [2.24, 2.45) is 0 Å². The number of alkyl halides is 6. The molecule has 216 valence electrons. The van der Waals surface area contributed by atoms with Crippen LogP contribution in [0.1, 0.15) is 23.4 Å². The summed E-state index contributed by atoms with van der Waals surface area (Å²) in [6.45, 7) is 4.49. The summed E-state index contributed by atoms with van der Waals surface area (Å²) in [5, 5.41) is 16.4. The first kappa shape index (κ1) is 32.0. The number of amides is 1. The number of thiophene rings is 1. The van der Waals surface area contributed by atoms with E-state index in [1.807, 2.05) is 34.4 Å². The third-order valence-electron chi connectivity index (χ3n) is 5.62. The van der Waals surface area contributed by atoms with E-state index in [2.05, 4.69) is 27.4 Å². The first-order valence-corrected chi connectivity index (χ1v) is 12.2. The lowest BCUT2D eigenvalue weighted by atomic mass is 9.89. The van der Waals surface area contributed by atoms with Crippen molar-refractivity contribution >= 4 is 29.2 Å². The van der Waals surface area contributed by atoms with Gasteiger partial charge in [-0.3, -0.25) is 14.7 Å². The number of carbonyl (C=O) groups excluding carboxylic acids is 1. The van der Waals surface area contributed by atoms with Gasteiger partial charge in [-0.25, -0.2) is 9.59 Å². The minimum Gasteiger partial charge on any atom is -0.475 e. The predicted octanol–water partition coefficient (Wildman–Crippen LogP) is 3.80. The van der Waals surface area contributed by atoms with E-state index >= 15 is 0 Å². The van der Waals surface area contributed by atoms with Gasteiger partial charge in [0.15, 0.2) is 0 Å². The molecule has 0 radical (unpaired) electrons. The van der Waals surface area contributed by atoms with E-state index in [1.54, 1.807) is 6.20 Å². The highest BCUT2D eigenvalue weighted by atomic mass is 32.1. The van der Waals surface area contributed by atoms with Crippen molar-refractivity contribution in [2.45, 2.75) is 43.9 Å². The zero-order valence-electron chi connectivity index (χ0n) is 20.2. The average molecular weight is 586 g/mol. The Morgan fingerprint density at radius 1 is 0.974 bits per heavy atom. The first-order chi connectivity index (χ1) is 18.1. The summed E-state index contributed by atoms with van der Waals surface area (Å²) in [5.74, 6) is -5.45. The molecule has 2 aromatic rings. The molecule has 39 heavy (non-hydrogen) atoms. The zero-order valence-corrected chi connectivity index (χ0v) is 21.1. The van der Waals surface area contributed by atoms with Gasteiger partial charge < -0.3 is 19.8 Å². The van der Waals surface area contributed by atoms with E-state index in [4.69, 9.17) is 24.5 Å². The number of likely N-dealkylation sites (tertiary alicyclic amines) is 1. The monoisotopic (exact) mass is 585 g/mol. The fourth-order valence-corrected chi connectivity index (χ4v) is 4.41. The molecule has 1 amide bonds. The normalized spacial score (nSPS) is 17.5. The smallest absolute Gasteiger partial charge is 0.475 e. The van der Waals surface area contributed by atoms with Crippen molar-refractivity contribution < 1.29 is 55.7 Å². The number of hydrogen-bond donors (Lipinski definition) is 2. The second-order valence-corrected chi connectivity index (χ2v) is 9.54. The van der Waals surface area contributed by atoms with Crippen LogP contribution in [-0.2, 0) is 32.2 Å². The number of aromatic nitrogens is 1. The highest BCUT2D eigenvalue weighted by Gasteiger charge is 2.42. The average Bonchev–Trinajstić information content (AvgIpc) is 3.37. The maximum atomic E-state index is 12.3. The maximum Gasteiger partial charge on any atom is 0.490 e. The van der Waals surface area contributed by atoms with Crippen LogP contribution in [-0.4, -0.2) is 87.0 Å². The van der Waals surface area contributed by atoms with Gasteiger partial charge in [0.05, 0.1) is 24.4 Å². The molecule has 2 N–H and O–H groups in total. The predicted molar refractivity (Wildman–Crippen MR) is 125 cm³/mol. The molecule has 9 nitrogen and oxygen atoms in total. The lowest BCUT2D eigenvalue weighted by Gasteiger charge is -2.47. The summed E-state index contributed by atoms with van der Waals surface area (Å²) < 4.78 is 69.5. The Kier molecular flexibility index (Phi) is 11.2. The molecule has 2 aliphatic heterocycles. The summed E-state index contributed by atoms with van der Waals surface area (Å²) in [7, 11) is 0. The Morgan fingerprint density at radius 3 is 2.03 bits per heavy atom. The van der Waals surface area contributed by atoms with Crippen LogP contribution >= 0.6 is 11.3 Å². The van der Waals surface area contributed by atoms with Crippen LogP contribution < -0.4 is 0 Å². The third-order valence-corrected chi connectivity index (χ3v) is 6.49. The number of carbonyl (C=O) groups is 3. The number of ether oxygens (including phenoxy) is 1. The van der Waals surface area contributed by atoms with Gasteiger partial charge in [0.25, 0.3) is 0 Å². The highest BCUT2D eigenvalue weighted by Crippen LogP contribution is 2.32. The molecule has 4 heterocycles. The van der Waals surface area contributed by atoms with Crippen LogP contribution in [0.15, 0.2) is 41.9 Å². The van der Waals surface area contributed by atoms with E-state index in [9.17, 15) is 31.1 Å². The van der Waals surface area contributed by atoms with E-state index in [0.29, 0.717) is 13.1 Å². The molecule has 1 spiro atoms. The third kappa shape index (κ3) is 10.8. The number of nitrogens with zero attached hydrogens (tertiary/aromatic N) is 3. The van der Waals surface area contributed by atoms with Crippen molar-refractivity contribution in [1.82, 2.24) is 14.8 Å². The number of piperidine rings is 1. The minimum atomic E-state index is -5.08. The Hall–Kier alpha value is -3.24. The number of morpholine rings is 1. The highest BCUT2D eigenvalue weighted by molar-refractivity contribution is 7.09. The van der Waals surface area contributed by atoms with Crippen molar-refractivity contribution in [3.05, 3.63) is 52.5 Å². The number of halogens is 6. The van der Waals surface area contributed by atoms with Gasteiger partial charge in [0, 0.05) is 30.7 Å². The number of carboxylic acids is 2. The molecule has 0 unspecified atom stereocenters. The quantitative estimate of drug-likeness (QED) is 0.520. The number of carboxylic acid groups (broad SMARTS) is 2. The maximum absolute atomic E-state index is 12.3. The van der Waals surface area contributed by atoms with E-state index in [0.717, 1.165) is 38.2 Å². The Bertz CT molecular complexity index is 1050. The second-order valence-electron chi connectivity index (χ2n) is 8.50. The SMILES string of the molecule is O=C(O)C(F)(F)F.O=C(O)C(F)(F)F.O=C1COC2(CCN(Cc3cccs3)CC2)CN1Cc1ccccn1. The summed E-state index contributed by atoms with van der Waals surface area (Å²) in [5.41, 5.74) is 0.747. The Balaban J connectivity index is 0.000000317. The van der Waals surface area contributed by atoms with Gasteiger partial charge in [0.1, 0.15) is 6.61 Å². The van der Waals surface area contributed by atoms with Crippen LogP contribution in [0.2, 0.25) is 0 Å². The topological polar surface area (TPSA) is 120 Å². The number of hydrogen-bond acceptors (Lipinski definition) is 7. The fraction of sp³-hybridized carbons (Fsp3) is 0.478. The van der Waals surface area contributed by atoms with Gasteiger partial charge in [-0.1, -0.05) is 12.1 Å². The Labute approximate surface area is 222 Å². The van der Waals surface area contributed by atoms with Gasteiger partial charge >= 0.3 is 24.3 Å². The standard InChI is InChI=1S/C19H23N3O2S.2C2HF3O2/c23-18-14-24-19(15-22(18)12-16-4-1-2-8-20-16)6-9-21(10-7-19)13-17-5-3-11-25-17;2*3-2(4,5)1(6)7/h1-5,8,11H,6-7,9-10,12-15H2;2*(H,6,7). The lowest BCUT2D eigenvalue weighted by Crippen LogP contribution is -2.58. The summed E-state index contributed by atoms with van der Waals surface area (Å²) in [6.07, 6.45) is -6.44. The molecule has 0 aromatic carbocycles. The molecule has 16 heteroatoms. The molecule has 4 rings (SSSR count). The van der Waals surface area contributed by atoms with Crippen molar-refractivity contribution in [3.63, 3.8) is 0 Å². The van der Waals surface area contributed by atoms with Gasteiger partial charge in [-0.05, 0) is 36.4 Å². The first-order valence-electron chi connectivity index (χ1n) is 11.3. The lowest BCUT2D eigenvalue weighted by molar-refractivity contribution is -0.193. The molecule has 0 aliphatic carbocycles. The van der Waals surface area contributed by atoms with E-state index < -0.39 is 24.3 Å². The summed E-state index contributed by atoms with van der Waals surface area (Å²) >= 11 is 1.81. The van der Waals surface area contributed by atoms with Gasteiger partial charge in [0.2, 0.25) is 5.91 Å². The summed E-state index contributed by atoms with van der Waals surface area (Å²) in [4.78, 5) is 40.2. The van der Waals surface area contributed by atoms with Crippen LogP contribution in [0.5, 0.6) is 0 Å². The van der Waals surface area contributed by atoms with Crippen LogP contribution in [0, 0.1) is 0 Å². The number of aliphatic carboxylic acids is 2.